The number of nitrogens with one attached hydrogen (secondary N) is 2. The van der Waals surface area contributed by atoms with Gasteiger partial charge in [0.1, 0.15) is 0 Å². The zero-order valence-electron chi connectivity index (χ0n) is 11.2. The van der Waals surface area contributed by atoms with Crippen molar-refractivity contribution in [1.29, 1.82) is 0 Å². The largest absolute Gasteiger partial charge is 0.329 e. The van der Waals surface area contributed by atoms with Gasteiger partial charge in [0.15, 0.2) is 0 Å². The van der Waals surface area contributed by atoms with E-state index in [1.165, 1.54) is 6.21 Å². The zero-order chi connectivity index (χ0) is 15.9. The van der Waals surface area contributed by atoms with Crippen LogP contribution in [0.1, 0.15) is 5.56 Å². The molecule has 0 fully saturated rings. The topological polar surface area (TPSA) is 70.6 Å². The molecule has 0 saturated carbocycles. The number of nitrogens with zero attached hydrogens (tertiary/aromatic N) is 1. The number of amides is 2. The van der Waals surface area contributed by atoms with E-state index in [-0.39, 0.29) is 0 Å². The Morgan fingerprint density at radius 1 is 0.955 bits per heavy atom. The van der Waals surface area contributed by atoms with Crippen molar-refractivity contribution in [2.45, 2.75) is 0 Å². The third-order valence-corrected chi connectivity index (χ3v) is 3.42. The lowest BCUT2D eigenvalue weighted by Crippen LogP contribution is -2.32. The number of hydrazone groups is 1. The van der Waals surface area contributed by atoms with Crippen LogP contribution in [-0.2, 0) is 9.59 Å². The van der Waals surface area contributed by atoms with E-state index in [2.05, 4.69) is 15.8 Å². The fourth-order valence-corrected chi connectivity index (χ4v) is 1.90. The monoisotopic (exact) mass is 335 g/mol. The van der Waals surface area contributed by atoms with Crippen LogP contribution in [0.2, 0.25) is 10.0 Å². The first-order chi connectivity index (χ1) is 10.6. The van der Waals surface area contributed by atoms with Crippen molar-refractivity contribution in [3.05, 3.63) is 64.1 Å². The van der Waals surface area contributed by atoms with Crippen LogP contribution in [0, 0.1) is 0 Å². The van der Waals surface area contributed by atoms with Gasteiger partial charge in [-0.15, -0.1) is 0 Å². The Morgan fingerprint density at radius 3 is 2.41 bits per heavy atom. The van der Waals surface area contributed by atoms with Crippen LogP contribution in [0.25, 0.3) is 0 Å². The summed E-state index contributed by atoms with van der Waals surface area (Å²) in [7, 11) is 0. The van der Waals surface area contributed by atoms with Gasteiger partial charge in [0.05, 0.1) is 16.3 Å². The summed E-state index contributed by atoms with van der Waals surface area (Å²) < 4.78 is 0. The number of rotatable bonds is 3. The second kappa shape index (κ2) is 7.59. The van der Waals surface area contributed by atoms with E-state index in [0.29, 0.717) is 21.3 Å². The SMILES string of the molecule is O=C(NN=Cc1cccc(Cl)c1Cl)C(=O)Nc1ccccc1. The van der Waals surface area contributed by atoms with Crippen molar-refractivity contribution in [1.82, 2.24) is 5.43 Å². The molecule has 0 heterocycles. The van der Waals surface area contributed by atoms with E-state index in [0.717, 1.165) is 0 Å². The predicted molar refractivity (Wildman–Crippen MR) is 87.3 cm³/mol. The van der Waals surface area contributed by atoms with Crippen molar-refractivity contribution in [2.75, 3.05) is 5.32 Å². The average Bonchev–Trinajstić information content (AvgIpc) is 2.52. The molecular weight excluding hydrogens is 325 g/mol. The highest BCUT2D eigenvalue weighted by Crippen LogP contribution is 2.24. The van der Waals surface area contributed by atoms with Crippen LogP contribution in [0.15, 0.2) is 53.6 Å². The fourth-order valence-electron chi connectivity index (χ4n) is 1.54. The Morgan fingerprint density at radius 2 is 1.68 bits per heavy atom. The maximum atomic E-state index is 11.6. The van der Waals surface area contributed by atoms with Crippen LogP contribution in [-0.4, -0.2) is 18.0 Å². The molecule has 22 heavy (non-hydrogen) atoms. The highest BCUT2D eigenvalue weighted by Gasteiger charge is 2.12. The molecule has 0 atom stereocenters. The summed E-state index contributed by atoms with van der Waals surface area (Å²) in [5, 5.41) is 6.81. The number of carbonyl (C=O) groups excluding carboxylic acids is 2. The summed E-state index contributed by atoms with van der Waals surface area (Å²) in [6, 6.07) is 13.6. The van der Waals surface area contributed by atoms with Crippen molar-refractivity contribution >= 4 is 46.9 Å². The van der Waals surface area contributed by atoms with E-state index in [1.54, 1.807) is 48.5 Å². The molecule has 0 aromatic heterocycles. The lowest BCUT2D eigenvalue weighted by atomic mass is 10.2. The first-order valence-electron chi connectivity index (χ1n) is 6.21. The number of halogens is 2. The standard InChI is InChI=1S/C15H11Cl2N3O2/c16-12-8-4-5-10(13(12)17)9-18-20-15(22)14(21)19-11-6-2-1-3-7-11/h1-9H,(H,19,21)(H,20,22). The maximum Gasteiger partial charge on any atom is 0.329 e. The Hall–Kier alpha value is -2.37. The second-order valence-corrected chi connectivity index (χ2v) is 4.95. The second-order valence-electron chi connectivity index (χ2n) is 4.16. The van der Waals surface area contributed by atoms with Crippen molar-refractivity contribution in [2.24, 2.45) is 5.10 Å². The molecule has 0 bridgehead atoms. The molecule has 0 saturated heterocycles. The molecule has 112 valence electrons. The molecule has 0 radical (unpaired) electrons. The van der Waals surface area contributed by atoms with Gasteiger partial charge >= 0.3 is 11.8 Å². The minimum absolute atomic E-state index is 0.316. The molecule has 0 aliphatic heterocycles. The van der Waals surface area contributed by atoms with Gasteiger partial charge in [-0.2, -0.15) is 5.10 Å². The third kappa shape index (κ3) is 4.31. The van der Waals surface area contributed by atoms with Gasteiger partial charge in [-0.1, -0.05) is 53.5 Å². The molecule has 0 aliphatic carbocycles. The summed E-state index contributed by atoms with van der Waals surface area (Å²) in [6.07, 6.45) is 1.31. The van der Waals surface area contributed by atoms with Gasteiger partial charge in [-0.3, -0.25) is 9.59 Å². The lowest BCUT2D eigenvalue weighted by Gasteiger charge is -2.03. The summed E-state index contributed by atoms with van der Waals surface area (Å²) in [5.74, 6) is -1.71. The quantitative estimate of drug-likeness (QED) is 0.514. The molecule has 0 spiro atoms. The van der Waals surface area contributed by atoms with Crippen molar-refractivity contribution in [3.8, 4) is 0 Å². The first-order valence-corrected chi connectivity index (χ1v) is 6.97. The number of para-hydroxylation sites is 1. The number of hydrogen-bond donors (Lipinski definition) is 2. The van der Waals surface area contributed by atoms with Gasteiger partial charge < -0.3 is 5.32 Å². The van der Waals surface area contributed by atoms with Gasteiger partial charge in [-0.05, 0) is 18.2 Å². The fraction of sp³-hybridized carbons (Fsp3) is 0. The highest BCUT2D eigenvalue weighted by molar-refractivity contribution is 6.43. The van der Waals surface area contributed by atoms with E-state index in [1.807, 2.05) is 0 Å². The molecule has 2 amide bonds. The molecule has 0 unspecified atom stereocenters. The molecule has 2 rings (SSSR count). The van der Waals surface area contributed by atoms with Gasteiger partial charge in [0, 0.05) is 11.3 Å². The predicted octanol–water partition coefficient (Wildman–Crippen LogP) is 3.08. The summed E-state index contributed by atoms with van der Waals surface area (Å²) in [4.78, 5) is 23.2. The van der Waals surface area contributed by atoms with E-state index < -0.39 is 11.8 Å². The van der Waals surface area contributed by atoms with Gasteiger partial charge in [0.25, 0.3) is 0 Å². The van der Waals surface area contributed by atoms with Crippen LogP contribution in [0.5, 0.6) is 0 Å². The molecule has 2 aromatic rings. The van der Waals surface area contributed by atoms with Crippen LogP contribution in [0.4, 0.5) is 5.69 Å². The Labute approximate surface area is 136 Å². The molecule has 5 nitrogen and oxygen atoms in total. The normalized spacial score (nSPS) is 10.5. The van der Waals surface area contributed by atoms with Crippen LogP contribution in [0.3, 0.4) is 0 Å². The minimum atomic E-state index is -0.891. The number of hydrogen-bond acceptors (Lipinski definition) is 3. The number of benzene rings is 2. The molecule has 2 aromatic carbocycles. The Kier molecular flexibility index (Phi) is 5.52. The van der Waals surface area contributed by atoms with E-state index in [4.69, 9.17) is 23.2 Å². The molecule has 0 aliphatic rings. The third-order valence-electron chi connectivity index (χ3n) is 2.59. The summed E-state index contributed by atoms with van der Waals surface area (Å²) in [5.41, 5.74) is 3.16. The summed E-state index contributed by atoms with van der Waals surface area (Å²) in [6.45, 7) is 0. The molecule has 2 N–H and O–H groups in total. The van der Waals surface area contributed by atoms with Gasteiger partial charge in [-0.25, -0.2) is 5.43 Å². The first kappa shape index (κ1) is 16.0. The minimum Gasteiger partial charge on any atom is -0.318 e. The van der Waals surface area contributed by atoms with Crippen LogP contribution < -0.4 is 10.7 Å². The highest BCUT2D eigenvalue weighted by atomic mass is 35.5. The van der Waals surface area contributed by atoms with Gasteiger partial charge in [0.2, 0.25) is 0 Å². The maximum absolute atomic E-state index is 11.6. The average molecular weight is 336 g/mol. The molecular formula is C15H11Cl2N3O2. The smallest absolute Gasteiger partial charge is 0.318 e. The number of carbonyl (C=O) groups is 2. The van der Waals surface area contributed by atoms with E-state index in [9.17, 15) is 9.59 Å². The van der Waals surface area contributed by atoms with E-state index >= 15 is 0 Å². The Balaban J connectivity index is 1.93. The molecule has 7 heteroatoms. The zero-order valence-corrected chi connectivity index (χ0v) is 12.7. The summed E-state index contributed by atoms with van der Waals surface area (Å²) >= 11 is 11.8. The van der Waals surface area contributed by atoms with Crippen molar-refractivity contribution in [3.63, 3.8) is 0 Å². The Bertz CT molecular complexity index is 718. The number of anilines is 1. The van der Waals surface area contributed by atoms with Crippen LogP contribution >= 0.6 is 23.2 Å². The van der Waals surface area contributed by atoms with Crippen molar-refractivity contribution < 1.29 is 9.59 Å². The lowest BCUT2D eigenvalue weighted by molar-refractivity contribution is -0.136.